The summed E-state index contributed by atoms with van der Waals surface area (Å²) in [6.45, 7) is 7.77. The van der Waals surface area contributed by atoms with E-state index < -0.39 is 5.60 Å². The van der Waals surface area contributed by atoms with Crippen molar-refractivity contribution in [3.8, 4) is 0 Å². The monoisotopic (exact) mass is 320 g/mol. The molecule has 2 fully saturated rings. The third-order valence-corrected chi connectivity index (χ3v) is 5.44. The zero-order valence-electron chi connectivity index (χ0n) is 14.2. The molecule has 6 nitrogen and oxygen atoms in total. The zero-order valence-corrected chi connectivity index (χ0v) is 14.2. The maximum absolute atomic E-state index is 11.4. The quantitative estimate of drug-likeness (QED) is 0.880. The maximum atomic E-state index is 11.4. The lowest BCUT2D eigenvalue weighted by Crippen LogP contribution is -2.53. The normalized spacial score (nSPS) is 25.5. The Balaban J connectivity index is 1.57. The fourth-order valence-corrected chi connectivity index (χ4v) is 4.02. The SMILES string of the molecule is CC(=O)N1CCC(O)(CN2CCC[C@@H](c3[nH]ncc3C)C2)CC1. The van der Waals surface area contributed by atoms with Crippen molar-refractivity contribution in [2.45, 2.75) is 51.0 Å². The number of aliphatic hydroxyl groups is 1. The Kier molecular flexibility index (Phi) is 4.73. The van der Waals surface area contributed by atoms with Gasteiger partial charge in [0.2, 0.25) is 5.91 Å². The molecule has 1 atom stereocenters. The number of carbonyl (C=O) groups excluding carboxylic acids is 1. The van der Waals surface area contributed by atoms with Crippen LogP contribution in [-0.2, 0) is 4.79 Å². The zero-order chi connectivity index (χ0) is 16.4. The highest BCUT2D eigenvalue weighted by Gasteiger charge is 2.36. The van der Waals surface area contributed by atoms with Gasteiger partial charge in [-0.2, -0.15) is 5.10 Å². The van der Waals surface area contributed by atoms with E-state index in [9.17, 15) is 9.90 Å². The van der Waals surface area contributed by atoms with Crippen molar-refractivity contribution in [3.63, 3.8) is 0 Å². The molecule has 2 aliphatic rings. The Hall–Kier alpha value is -1.40. The van der Waals surface area contributed by atoms with E-state index in [1.165, 1.54) is 17.7 Å². The number of likely N-dealkylation sites (tertiary alicyclic amines) is 2. The summed E-state index contributed by atoms with van der Waals surface area (Å²) in [4.78, 5) is 15.7. The van der Waals surface area contributed by atoms with Gasteiger partial charge in [0.1, 0.15) is 0 Å². The number of hydrogen-bond donors (Lipinski definition) is 2. The van der Waals surface area contributed by atoms with Crippen LogP contribution >= 0.6 is 0 Å². The first-order valence-electron chi connectivity index (χ1n) is 8.67. The van der Waals surface area contributed by atoms with Crippen molar-refractivity contribution in [3.05, 3.63) is 17.5 Å². The Morgan fingerprint density at radius 1 is 1.43 bits per heavy atom. The van der Waals surface area contributed by atoms with E-state index in [1.807, 2.05) is 11.1 Å². The number of H-pyrrole nitrogens is 1. The Morgan fingerprint density at radius 2 is 2.17 bits per heavy atom. The van der Waals surface area contributed by atoms with Crippen molar-refractivity contribution in [1.29, 1.82) is 0 Å². The molecule has 0 radical (unpaired) electrons. The van der Waals surface area contributed by atoms with Gasteiger partial charge in [-0.1, -0.05) is 0 Å². The van der Waals surface area contributed by atoms with Crippen molar-refractivity contribution >= 4 is 5.91 Å². The van der Waals surface area contributed by atoms with Gasteiger partial charge in [0.15, 0.2) is 0 Å². The number of hydrogen-bond acceptors (Lipinski definition) is 4. The van der Waals surface area contributed by atoms with Crippen LogP contribution < -0.4 is 0 Å². The van der Waals surface area contributed by atoms with Crippen molar-refractivity contribution < 1.29 is 9.90 Å². The molecule has 0 aliphatic carbocycles. The number of nitrogens with zero attached hydrogens (tertiary/aromatic N) is 3. The van der Waals surface area contributed by atoms with Gasteiger partial charge < -0.3 is 10.0 Å². The second-order valence-corrected chi connectivity index (χ2v) is 7.27. The molecular formula is C17H28N4O2. The van der Waals surface area contributed by atoms with Gasteiger partial charge in [0.05, 0.1) is 11.8 Å². The van der Waals surface area contributed by atoms with Gasteiger partial charge in [-0.15, -0.1) is 0 Å². The minimum atomic E-state index is -0.656. The summed E-state index contributed by atoms with van der Waals surface area (Å²) in [6, 6.07) is 0. The van der Waals surface area contributed by atoms with Crippen LogP contribution in [0.15, 0.2) is 6.20 Å². The van der Waals surface area contributed by atoms with Gasteiger partial charge in [0.25, 0.3) is 0 Å². The van der Waals surface area contributed by atoms with Crippen molar-refractivity contribution in [1.82, 2.24) is 20.0 Å². The number of nitrogens with one attached hydrogen (secondary N) is 1. The van der Waals surface area contributed by atoms with Crippen LogP contribution in [-0.4, -0.2) is 69.3 Å². The molecule has 3 heterocycles. The lowest BCUT2D eigenvalue weighted by atomic mass is 9.88. The van der Waals surface area contributed by atoms with Gasteiger partial charge in [-0.05, 0) is 44.7 Å². The molecule has 1 aromatic rings. The van der Waals surface area contributed by atoms with E-state index in [0.717, 1.165) is 19.5 Å². The lowest BCUT2D eigenvalue weighted by molar-refractivity contribution is -0.133. The smallest absolute Gasteiger partial charge is 0.219 e. The molecule has 0 aromatic carbocycles. The van der Waals surface area contributed by atoms with Crippen molar-refractivity contribution in [2.75, 3.05) is 32.7 Å². The second kappa shape index (κ2) is 6.61. The van der Waals surface area contributed by atoms with E-state index >= 15 is 0 Å². The molecular weight excluding hydrogens is 292 g/mol. The fraction of sp³-hybridized carbons (Fsp3) is 0.765. The minimum Gasteiger partial charge on any atom is -0.388 e. The Bertz CT molecular complexity index is 549. The Morgan fingerprint density at radius 3 is 2.78 bits per heavy atom. The molecule has 2 N–H and O–H groups in total. The molecule has 0 unspecified atom stereocenters. The molecule has 0 spiro atoms. The van der Waals surface area contributed by atoms with Gasteiger partial charge >= 0.3 is 0 Å². The average molecular weight is 320 g/mol. The van der Waals surface area contributed by atoms with Gasteiger partial charge in [0, 0.05) is 44.7 Å². The molecule has 2 aliphatic heterocycles. The standard InChI is InChI=1S/C17H28N4O2/c1-13-10-18-19-16(13)15-4-3-7-20(11-15)12-17(23)5-8-21(9-6-17)14(2)22/h10,15,23H,3-9,11-12H2,1-2H3,(H,18,19)/t15-/m1/s1. The summed E-state index contributed by atoms with van der Waals surface area (Å²) in [5, 5.41) is 18.2. The lowest BCUT2D eigenvalue weighted by Gasteiger charge is -2.42. The largest absolute Gasteiger partial charge is 0.388 e. The molecule has 23 heavy (non-hydrogen) atoms. The van der Waals surface area contributed by atoms with Gasteiger partial charge in [-0.3, -0.25) is 14.8 Å². The van der Waals surface area contributed by atoms with Crippen LogP contribution in [0.25, 0.3) is 0 Å². The van der Waals surface area contributed by atoms with Gasteiger partial charge in [-0.25, -0.2) is 0 Å². The van der Waals surface area contributed by atoms with E-state index in [-0.39, 0.29) is 5.91 Å². The fourth-order valence-electron chi connectivity index (χ4n) is 4.02. The number of aryl methyl sites for hydroxylation is 1. The summed E-state index contributed by atoms with van der Waals surface area (Å²) in [7, 11) is 0. The highest BCUT2D eigenvalue weighted by Crippen LogP contribution is 2.30. The first-order valence-corrected chi connectivity index (χ1v) is 8.67. The number of aromatic amines is 1. The van der Waals surface area contributed by atoms with E-state index in [0.29, 0.717) is 38.4 Å². The predicted octanol–water partition coefficient (Wildman–Crippen LogP) is 1.27. The average Bonchev–Trinajstić information content (AvgIpc) is 2.94. The molecule has 1 amide bonds. The summed E-state index contributed by atoms with van der Waals surface area (Å²) < 4.78 is 0. The Labute approximate surface area is 137 Å². The van der Waals surface area contributed by atoms with Crippen LogP contribution in [0.2, 0.25) is 0 Å². The number of carbonyl (C=O) groups is 1. The maximum Gasteiger partial charge on any atom is 0.219 e. The topological polar surface area (TPSA) is 72.5 Å². The van der Waals surface area contributed by atoms with Crippen LogP contribution in [0.3, 0.4) is 0 Å². The molecule has 3 rings (SSSR count). The number of piperidine rings is 2. The first kappa shape index (κ1) is 16.5. The summed E-state index contributed by atoms with van der Waals surface area (Å²) >= 11 is 0. The highest BCUT2D eigenvalue weighted by atomic mass is 16.3. The van der Waals surface area contributed by atoms with E-state index in [1.54, 1.807) is 6.92 Å². The van der Waals surface area contributed by atoms with Crippen LogP contribution in [0.4, 0.5) is 0 Å². The summed E-state index contributed by atoms with van der Waals surface area (Å²) in [5.74, 6) is 0.590. The molecule has 0 saturated carbocycles. The molecule has 6 heteroatoms. The third-order valence-electron chi connectivity index (χ3n) is 5.44. The second-order valence-electron chi connectivity index (χ2n) is 7.27. The van der Waals surface area contributed by atoms with Crippen LogP contribution in [0.1, 0.15) is 49.8 Å². The molecule has 128 valence electrons. The molecule has 1 aromatic heterocycles. The predicted molar refractivity (Wildman–Crippen MR) is 88.2 cm³/mol. The number of rotatable bonds is 3. The van der Waals surface area contributed by atoms with Crippen LogP contribution in [0.5, 0.6) is 0 Å². The number of aromatic nitrogens is 2. The number of amides is 1. The molecule has 0 bridgehead atoms. The van der Waals surface area contributed by atoms with Crippen LogP contribution in [0, 0.1) is 6.92 Å². The number of β-amino-alcohol motifs (C(OH)–C–C–N with tert-alkyl or cyclic N) is 1. The van der Waals surface area contributed by atoms with E-state index in [4.69, 9.17) is 0 Å². The van der Waals surface area contributed by atoms with Crippen molar-refractivity contribution in [2.24, 2.45) is 0 Å². The first-order chi connectivity index (χ1) is 11.0. The van der Waals surface area contributed by atoms with E-state index in [2.05, 4.69) is 22.0 Å². The molecule has 2 saturated heterocycles. The minimum absolute atomic E-state index is 0.111. The third kappa shape index (κ3) is 3.75. The highest BCUT2D eigenvalue weighted by molar-refractivity contribution is 5.73. The summed E-state index contributed by atoms with van der Waals surface area (Å²) in [5.41, 5.74) is 1.81. The summed E-state index contributed by atoms with van der Waals surface area (Å²) in [6.07, 6.45) is 5.57.